The fourth-order valence-electron chi connectivity index (χ4n) is 5.42. The van der Waals surface area contributed by atoms with Crippen molar-refractivity contribution in [3.05, 3.63) is 98.4 Å². The molecule has 3 aromatic carbocycles. The summed E-state index contributed by atoms with van der Waals surface area (Å²) in [7, 11) is 0. The Balaban J connectivity index is 1.39. The van der Waals surface area contributed by atoms with Crippen molar-refractivity contribution in [1.82, 2.24) is 19.7 Å². The van der Waals surface area contributed by atoms with E-state index in [1.165, 1.54) is 35.7 Å². The Hall–Kier alpha value is -3.93. The van der Waals surface area contributed by atoms with E-state index in [2.05, 4.69) is 10.2 Å². The summed E-state index contributed by atoms with van der Waals surface area (Å²) in [4.78, 5) is 33.2. The zero-order chi connectivity index (χ0) is 30.6. The number of hydrogen-bond acceptors (Lipinski definition) is 8. The molecule has 1 amide bonds. The van der Waals surface area contributed by atoms with Crippen molar-refractivity contribution in [2.75, 3.05) is 0 Å². The Labute approximate surface area is 268 Å². The van der Waals surface area contributed by atoms with E-state index >= 15 is 0 Å². The molecule has 224 valence electrons. The molecule has 0 atom stereocenters. The summed E-state index contributed by atoms with van der Waals surface area (Å²) in [5.41, 5.74) is 2.10. The molecule has 4 aromatic rings. The molecule has 0 N–H and O–H groups in total. The third-order valence-electron chi connectivity index (χ3n) is 7.57. The molecular formula is C32H29ClN6O3S2. The average Bonchev–Trinajstić information content (AvgIpc) is 3.58. The molecule has 0 radical (unpaired) electrons. The van der Waals surface area contributed by atoms with Gasteiger partial charge in [0.15, 0.2) is 16.1 Å². The van der Waals surface area contributed by atoms with E-state index in [1.54, 1.807) is 18.2 Å². The van der Waals surface area contributed by atoms with Gasteiger partial charge in [0, 0.05) is 40.2 Å². The van der Waals surface area contributed by atoms with Gasteiger partial charge in [-0.15, -0.1) is 10.2 Å². The number of rotatable bonds is 8. The molecule has 0 spiro atoms. The second kappa shape index (κ2) is 13.4. The topological polar surface area (TPSA) is 107 Å². The number of nitro groups is 1. The van der Waals surface area contributed by atoms with E-state index in [9.17, 15) is 14.9 Å². The van der Waals surface area contributed by atoms with Crippen LogP contribution in [0.25, 0.3) is 17.5 Å². The highest BCUT2D eigenvalue weighted by Gasteiger charge is 2.39. The van der Waals surface area contributed by atoms with Crippen molar-refractivity contribution in [2.45, 2.75) is 61.7 Å². The highest BCUT2D eigenvalue weighted by molar-refractivity contribution is 8.18. The summed E-state index contributed by atoms with van der Waals surface area (Å²) < 4.78 is 1.97. The largest absolute Gasteiger partial charge is 0.302 e. The minimum absolute atomic E-state index is 0.0597. The summed E-state index contributed by atoms with van der Waals surface area (Å²) in [6, 6.07) is 21.8. The molecule has 0 bridgehead atoms. The summed E-state index contributed by atoms with van der Waals surface area (Å²) in [5, 5.41) is 22.5. The molecule has 2 fully saturated rings. The van der Waals surface area contributed by atoms with Gasteiger partial charge in [-0.1, -0.05) is 61.2 Å². The Kier molecular flexibility index (Phi) is 9.15. The van der Waals surface area contributed by atoms with Gasteiger partial charge in [0.1, 0.15) is 0 Å². The van der Waals surface area contributed by atoms with Crippen LogP contribution in [0.4, 0.5) is 11.4 Å². The lowest BCUT2D eigenvalue weighted by atomic mass is 9.94. The molecule has 12 heteroatoms. The first-order chi connectivity index (χ1) is 21.4. The molecule has 2 aliphatic rings. The Morgan fingerprint density at radius 1 is 1.07 bits per heavy atom. The quantitative estimate of drug-likeness (QED) is 0.107. The van der Waals surface area contributed by atoms with E-state index in [4.69, 9.17) is 16.6 Å². The van der Waals surface area contributed by atoms with E-state index in [1.807, 2.05) is 64.9 Å². The third-order valence-corrected chi connectivity index (χ3v) is 9.86. The van der Waals surface area contributed by atoms with Crippen molar-refractivity contribution >= 4 is 63.7 Å². The number of halogens is 1. The standard InChI is InChI=1S/C32H29ClN6O3S2/c1-2-37-29(21-10-9-11-23(33)18-21)35-36-32(37)43-27-17-16-26(39(41)42)19-22(27)20-28-30(40)38(25-14-7-4-8-15-25)31(44-28)34-24-12-5-3-6-13-24/h3,5-6,9-13,16-20,25H,2,4,7-8,14-15H2,1H3/b28-20+,34-31?. The van der Waals surface area contributed by atoms with Crippen LogP contribution in [0.1, 0.15) is 44.6 Å². The maximum atomic E-state index is 14.0. The first kappa shape index (κ1) is 30.1. The van der Waals surface area contributed by atoms with E-state index in [0.29, 0.717) is 43.1 Å². The minimum atomic E-state index is -0.428. The molecule has 1 saturated carbocycles. The summed E-state index contributed by atoms with van der Waals surface area (Å²) in [6.45, 7) is 2.60. The monoisotopic (exact) mass is 644 g/mol. The van der Waals surface area contributed by atoms with Gasteiger partial charge in [-0.05, 0) is 85.3 Å². The van der Waals surface area contributed by atoms with Crippen LogP contribution in [0.5, 0.6) is 0 Å². The van der Waals surface area contributed by atoms with Crippen LogP contribution < -0.4 is 0 Å². The Morgan fingerprint density at radius 3 is 2.59 bits per heavy atom. The number of aliphatic imine (C=N–C) groups is 1. The Morgan fingerprint density at radius 2 is 1.86 bits per heavy atom. The van der Waals surface area contributed by atoms with Gasteiger partial charge in [0.05, 0.1) is 15.5 Å². The number of nitrogens with zero attached hydrogens (tertiary/aromatic N) is 6. The maximum absolute atomic E-state index is 14.0. The second-order valence-electron chi connectivity index (χ2n) is 10.4. The van der Waals surface area contributed by atoms with Crippen molar-refractivity contribution in [1.29, 1.82) is 0 Å². The van der Waals surface area contributed by atoms with Gasteiger partial charge in [-0.3, -0.25) is 19.8 Å². The molecule has 1 saturated heterocycles. The van der Waals surface area contributed by atoms with Crippen LogP contribution in [0.3, 0.4) is 0 Å². The highest BCUT2D eigenvalue weighted by atomic mass is 35.5. The van der Waals surface area contributed by atoms with Crippen LogP contribution in [0.2, 0.25) is 5.02 Å². The molecule has 44 heavy (non-hydrogen) atoms. The van der Waals surface area contributed by atoms with E-state index < -0.39 is 4.92 Å². The lowest BCUT2D eigenvalue weighted by Gasteiger charge is -2.30. The van der Waals surface area contributed by atoms with Gasteiger partial charge in [-0.25, -0.2) is 4.99 Å². The zero-order valence-electron chi connectivity index (χ0n) is 23.9. The highest BCUT2D eigenvalue weighted by Crippen LogP contribution is 2.41. The normalized spacial score (nSPS) is 17.6. The first-order valence-electron chi connectivity index (χ1n) is 14.4. The predicted octanol–water partition coefficient (Wildman–Crippen LogP) is 8.61. The number of amides is 1. The zero-order valence-corrected chi connectivity index (χ0v) is 26.3. The van der Waals surface area contributed by atoms with Crippen molar-refractivity contribution in [3.8, 4) is 11.4 Å². The molecule has 2 heterocycles. The number of thioether (sulfide) groups is 1. The number of aromatic nitrogens is 3. The SMILES string of the molecule is CCn1c(Sc2ccc([N+](=O)[O-])cc2/C=C2/SC(=Nc3ccccc3)N(C3CCCCC3)C2=O)nnc1-c1cccc(Cl)c1. The summed E-state index contributed by atoms with van der Waals surface area (Å²) >= 11 is 8.89. The minimum Gasteiger partial charge on any atom is -0.302 e. The van der Waals surface area contributed by atoms with E-state index in [0.717, 1.165) is 43.4 Å². The van der Waals surface area contributed by atoms with Gasteiger partial charge in [0.25, 0.3) is 11.6 Å². The van der Waals surface area contributed by atoms with Crippen molar-refractivity contribution < 1.29 is 9.72 Å². The van der Waals surface area contributed by atoms with Gasteiger partial charge in [0.2, 0.25) is 0 Å². The molecule has 1 aliphatic heterocycles. The number of non-ortho nitro benzene ring substituents is 1. The molecule has 6 rings (SSSR count). The smallest absolute Gasteiger partial charge is 0.270 e. The number of amidine groups is 1. The number of hydrogen-bond donors (Lipinski definition) is 0. The maximum Gasteiger partial charge on any atom is 0.270 e. The fraction of sp³-hybridized carbons (Fsp3) is 0.250. The second-order valence-corrected chi connectivity index (χ2v) is 12.9. The average molecular weight is 645 g/mol. The molecule has 1 aromatic heterocycles. The van der Waals surface area contributed by atoms with Crippen LogP contribution >= 0.6 is 35.1 Å². The number of carbonyl (C=O) groups excluding carboxylic acids is 1. The first-order valence-corrected chi connectivity index (χ1v) is 16.4. The fourth-order valence-corrected chi connectivity index (χ4v) is 7.64. The lowest BCUT2D eigenvalue weighted by Crippen LogP contribution is -2.40. The number of para-hydroxylation sites is 1. The number of nitro benzene ring substituents is 1. The van der Waals surface area contributed by atoms with Crippen molar-refractivity contribution in [2.24, 2.45) is 4.99 Å². The number of carbonyl (C=O) groups is 1. The van der Waals surface area contributed by atoms with Gasteiger partial charge >= 0.3 is 0 Å². The van der Waals surface area contributed by atoms with Crippen LogP contribution in [0, 0.1) is 10.1 Å². The van der Waals surface area contributed by atoms with Crippen LogP contribution in [-0.2, 0) is 11.3 Å². The molecule has 1 aliphatic carbocycles. The number of benzene rings is 3. The van der Waals surface area contributed by atoms with Crippen LogP contribution in [-0.4, -0.2) is 41.7 Å². The van der Waals surface area contributed by atoms with Gasteiger partial charge < -0.3 is 4.57 Å². The van der Waals surface area contributed by atoms with Crippen LogP contribution in [0.15, 0.2) is 92.7 Å². The Bertz CT molecular complexity index is 1770. The lowest BCUT2D eigenvalue weighted by molar-refractivity contribution is -0.384. The molecule has 0 unspecified atom stereocenters. The molecular weight excluding hydrogens is 616 g/mol. The summed E-state index contributed by atoms with van der Waals surface area (Å²) in [6.07, 6.45) is 6.89. The summed E-state index contributed by atoms with van der Waals surface area (Å²) in [5.74, 6) is 0.546. The van der Waals surface area contributed by atoms with Crippen molar-refractivity contribution in [3.63, 3.8) is 0 Å². The third kappa shape index (κ3) is 6.45. The van der Waals surface area contributed by atoms with Gasteiger partial charge in [-0.2, -0.15) is 0 Å². The predicted molar refractivity (Wildman–Crippen MR) is 176 cm³/mol. The van der Waals surface area contributed by atoms with E-state index in [-0.39, 0.29) is 17.6 Å². The molecule has 9 nitrogen and oxygen atoms in total.